The first-order valence-corrected chi connectivity index (χ1v) is 6.00. The average molecular weight is 464 g/mol. The van der Waals surface area contributed by atoms with Crippen molar-refractivity contribution in [1.29, 1.82) is 0 Å². The van der Waals surface area contributed by atoms with Crippen LogP contribution in [0.4, 0.5) is 0 Å². The SMILES string of the molecule is O.O.O=S(=O)([O-])[O-].O=S(=O)([O-])[O-].O=S(=O)([O-])[O-].[Ga+3].[Ga+3]. The normalized spacial score (nSPS) is 9.16. The Morgan fingerprint density at radius 1 is 0.421 bits per heavy atom. The summed E-state index contributed by atoms with van der Waals surface area (Å²) in [5, 5.41) is 0. The van der Waals surface area contributed by atoms with E-state index in [-0.39, 0.29) is 50.5 Å². The van der Waals surface area contributed by atoms with Gasteiger partial charge in [-0.25, -0.2) is 0 Å². The fourth-order valence-corrected chi connectivity index (χ4v) is 0. The van der Waals surface area contributed by atoms with Crippen LogP contribution in [0, 0.1) is 0 Å². The Balaban J connectivity index is -0.0000000206. The smallest absolute Gasteiger partial charge is 0.759 e. The molecule has 4 N–H and O–H groups in total. The Labute approximate surface area is 134 Å². The maximum absolute atomic E-state index is 8.52. The molecule has 0 aliphatic heterocycles. The largest absolute Gasteiger partial charge is 3.00 e. The van der Waals surface area contributed by atoms with Crippen LogP contribution < -0.4 is 0 Å². The molecule has 19 heteroatoms. The van der Waals surface area contributed by atoms with Gasteiger partial charge in [-0.15, -0.1) is 0 Å². The van der Waals surface area contributed by atoms with Crippen LogP contribution >= 0.6 is 0 Å². The zero-order chi connectivity index (χ0) is 13.5. The Morgan fingerprint density at radius 2 is 0.421 bits per heavy atom. The maximum atomic E-state index is 8.52. The number of hydrogen-bond donors (Lipinski definition) is 0. The standard InChI is InChI=1S/2Ga.3H2O4S.2H2O/c;;3*1-5(2,3)4;;/h;;3*(H2,1,2,3,4);2*1H2/q2*+3;;;;;/p-6. The van der Waals surface area contributed by atoms with E-state index in [0.29, 0.717) is 0 Å². The van der Waals surface area contributed by atoms with E-state index in [1.54, 1.807) is 0 Å². The van der Waals surface area contributed by atoms with Crippen LogP contribution in [0.15, 0.2) is 0 Å². The molecule has 0 amide bonds. The fourth-order valence-electron chi connectivity index (χ4n) is 0. The minimum absolute atomic E-state index is 0. The molecule has 0 fully saturated rings. The molecule has 0 aliphatic rings. The Bertz CT molecular complexity index is 342. The summed E-state index contributed by atoms with van der Waals surface area (Å²) in [6.07, 6.45) is 0. The molecule has 19 heavy (non-hydrogen) atoms. The fraction of sp³-hybridized carbons (Fsp3) is 0. The van der Waals surface area contributed by atoms with E-state index in [4.69, 9.17) is 52.6 Å². The van der Waals surface area contributed by atoms with E-state index < -0.39 is 31.2 Å². The van der Waals surface area contributed by atoms with Crippen molar-refractivity contribution in [2.75, 3.05) is 0 Å². The molecule has 0 spiro atoms. The van der Waals surface area contributed by atoms with Crippen LogP contribution in [0.25, 0.3) is 0 Å². The van der Waals surface area contributed by atoms with Crippen LogP contribution in [0.1, 0.15) is 0 Å². The summed E-state index contributed by atoms with van der Waals surface area (Å²) in [6.45, 7) is 0. The Hall–Kier alpha value is 0.803. The minimum Gasteiger partial charge on any atom is -0.759 e. The second-order valence-corrected chi connectivity index (χ2v) is 3.67. The van der Waals surface area contributed by atoms with Gasteiger partial charge in [-0.05, 0) is 0 Å². The average Bonchev–Trinajstić information content (AvgIpc) is 1.41. The first kappa shape index (κ1) is 42.7. The van der Waals surface area contributed by atoms with Crippen molar-refractivity contribution in [2.45, 2.75) is 0 Å². The predicted octanol–water partition coefficient (Wildman–Crippen LogP) is -6.42. The van der Waals surface area contributed by atoms with Crippen LogP contribution in [-0.4, -0.2) is 103 Å². The monoisotopic (exact) mass is 462 g/mol. The van der Waals surface area contributed by atoms with Crippen molar-refractivity contribution in [3.8, 4) is 0 Å². The molecule has 0 saturated carbocycles. The summed E-state index contributed by atoms with van der Waals surface area (Å²) in [6, 6.07) is 0. The molecule has 0 atom stereocenters. The first-order chi connectivity index (χ1) is 6.00. The first-order valence-electron chi connectivity index (χ1n) is 2.00. The molecule has 0 aromatic carbocycles. The molecule has 0 bridgehead atoms. The molecule has 14 nitrogen and oxygen atoms in total. The van der Waals surface area contributed by atoms with Gasteiger partial charge in [0, 0.05) is 31.2 Å². The van der Waals surface area contributed by atoms with E-state index in [0.717, 1.165) is 0 Å². The van der Waals surface area contributed by atoms with Gasteiger partial charge in [0.15, 0.2) is 0 Å². The van der Waals surface area contributed by atoms with Crippen molar-refractivity contribution in [3.05, 3.63) is 0 Å². The van der Waals surface area contributed by atoms with Gasteiger partial charge in [0.25, 0.3) is 0 Å². The Kier molecular flexibility index (Phi) is 37.9. The van der Waals surface area contributed by atoms with E-state index >= 15 is 0 Å². The summed E-state index contributed by atoms with van der Waals surface area (Å²) in [5.74, 6) is 0. The maximum Gasteiger partial charge on any atom is 3.00 e. The van der Waals surface area contributed by atoms with E-state index in [1.165, 1.54) is 0 Å². The zero-order valence-corrected chi connectivity index (χ0v) is 15.6. The molecule has 0 rings (SSSR count). The molecule has 0 unspecified atom stereocenters. The topological polar surface area (TPSA) is 304 Å². The molecule has 112 valence electrons. The summed E-state index contributed by atoms with van der Waals surface area (Å²) in [4.78, 5) is 0. The van der Waals surface area contributed by atoms with Gasteiger partial charge in [-0.1, -0.05) is 0 Å². The van der Waals surface area contributed by atoms with Gasteiger partial charge in [0.1, 0.15) is 0 Å². The predicted molar refractivity (Wildman–Crippen MR) is 50.2 cm³/mol. The van der Waals surface area contributed by atoms with Crippen molar-refractivity contribution in [3.63, 3.8) is 0 Å². The van der Waals surface area contributed by atoms with Crippen LogP contribution in [-0.2, 0) is 31.2 Å². The van der Waals surface area contributed by atoms with Gasteiger partial charge >= 0.3 is 39.6 Å². The summed E-state index contributed by atoms with van der Waals surface area (Å²) >= 11 is 0. The summed E-state index contributed by atoms with van der Waals surface area (Å²) in [7, 11) is -15.5. The summed E-state index contributed by atoms with van der Waals surface area (Å²) in [5.41, 5.74) is 0. The molecular formula is H4Ga2O14S3. The van der Waals surface area contributed by atoms with E-state index in [2.05, 4.69) is 0 Å². The van der Waals surface area contributed by atoms with Gasteiger partial charge in [-0.3, -0.25) is 25.3 Å². The molecule has 0 aromatic rings. The molecular weight excluding hydrogens is 460 g/mol. The second-order valence-electron chi connectivity index (χ2n) is 1.22. The van der Waals surface area contributed by atoms with Crippen molar-refractivity contribution >= 4 is 70.8 Å². The Morgan fingerprint density at radius 3 is 0.421 bits per heavy atom. The van der Waals surface area contributed by atoms with Crippen LogP contribution in [0.2, 0.25) is 0 Å². The van der Waals surface area contributed by atoms with Crippen LogP contribution in [0.3, 0.4) is 0 Å². The molecule has 0 aromatic heterocycles. The third-order valence-electron chi connectivity index (χ3n) is 0. The van der Waals surface area contributed by atoms with Gasteiger partial charge < -0.3 is 38.3 Å². The van der Waals surface area contributed by atoms with Crippen molar-refractivity contribution in [1.82, 2.24) is 0 Å². The van der Waals surface area contributed by atoms with E-state index in [9.17, 15) is 0 Å². The molecule has 0 saturated heterocycles. The van der Waals surface area contributed by atoms with Gasteiger partial charge in [0.2, 0.25) is 0 Å². The van der Waals surface area contributed by atoms with Crippen LogP contribution in [0.5, 0.6) is 0 Å². The summed E-state index contributed by atoms with van der Waals surface area (Å²) < 4.78 is 102. The zero-order valence-electron chi connectivity index (χ0n) is 8.28. The third-order valence-corrected chi connectivity index (χ3v) is 0. The molecule has 0 heterocycles. The third kappa shape index (κ3) is 8240. The van der Waals surface area contributed by atoms with E-state index in [1.807, 2.05) is 0 Å². The van der Waals surface area contributed by atoms with Crippen molar-refractivity contribution in [2.24, 2.45) is 0 Å². The number of rotatable bonds is 0. The van der Waals surface area contributed by atoms with Crippen molar-refractivity contribution < 1.29 is 63.5 Å². The molecule has 0 aliphatic carbocycles. The quantitative estimate of drug-likeness (QED) is 0.184. The minimum atomic E-state index is -5.17. The second kappa shape index (κ2) is 16.9. The van der Waals surface area contributed by atoms with Gasteiger partial charge in [0.05, 0.1) is 0 Å². The molecule has 0 radical (unpaired) electrons. The number of hydrogen-bond acceptors (Lipinski definition) is 12. The van der Waals surface area contributed by atoms with Gasteiger partial charge in [-0.2, -0.15) is 0 Å².